The van der Waals surface area contributed by atoms with Crippen molar-refractivity contribution in [3.63, 3.8) is 0 Å². The number of aromatic nitrogens is 1. The molecule has 1 aromatic rings. The summed E-state index contributed by atoms with van der Waals surface area (Å²) < 4.78 is 32.6. The lowest BCUT2D eigenvalue weighted by molar-refractivity contribution is 0.139. The van der Waals surface area contributed by atoms with E-state index in [1.807, 2.05) is 0 Å². The number of likely N-dealkylation sites (tertiary alicyclic amines) is 1. The average Bonchev–Trinajstić information content (AvgIpc) is 2.78. The zero-order valence-corrected chi connectivity index (χ0v) is 11.7. The normalized spacial score (nSPS) is 21.5. The van der Waals surface area contributed by atoms with Crippen LogP contribution in [0.2, 0.25) is 0 Å². The fourth-order valence-electron chi connectivity index (χ4n) is 2.39. The summed E-state index contributed by atoms with van der Waals surface area (Å²) in [6.07, 6.45) is 2.91. The predicted molar refractivity (Wildman–Crippen MR) is 69.1 cm³/mol. The summed E-state index contributed by atoms with van der Waals surface area (Å²) in [5, 5.41) is 8.87. The Balaban J connectivity index is 2.03. The number of piperidine rings is 1. The molecule has 1 aromatic heterocycles. The van der Waals surface area contributed by atoms with E-state index in [-0.39, 0.29) is 11.8 Å². The van der Waals surface area contributed by atoms with Crippen molar-refractivity contribution in [3.8, 4) is 5.88 Å². The molecule has 8 heteroatoms. The maximum Gasteiger partial charge on any atom is 0.254 e. The molecule has 0 bridgehead atoms. The van der Waals surface area contributed by atoms with Crippen molar-refractivity contribution in [2.24, 2.45) is 5.14 Å². The summed E-state index contributed by atoms with van der Waals surface area (Å²) in [5.41, 5.74) is 0. The van der Waals surface area contributed by atoms with Gasteiger partial charge in [0.25, 0.3) is 5.88 Å². The Bertz CT molecular complexity index is 514. The van der Waals surface area contributed by atoms with Crippen LogP contribution in [-0.2, 0) is 16.6 Å². The van der Waals surface area contributed by atoms with Crippen LogP contribution in [0.1, 0.15) is 25.0 Å². The summed E-state index contributed by atoms with van der Waals surface area (Å²) in [6.45, 7) is 1.36. The first-order valence-electron chi connectivity index (χ1n) is 6.22. The summed E-state index contributed by atoms with van der Waals surface area (Å²) >= 11 is 0. The highest BCUT2D eigenvalue weighted by Crippen LogP contribution is 2.21. The lowest BCUT2D eigenvalue weighted by atomic mass is 10.0. The Morgan fingerprint density at radius 3 is 3.00 bits per heavy atom. The summed E-state index contributed by atoms with van der Waals surface area (Å²) in [7, 11) is -1.94. The lowest BCUT2D eigenvalue weighted by Gasteiger charge is -2.34. The Labute approximate surface area is 112 Å². The number of hydrogen-bond acceptors (Lipinski definition) is 6. The van der Waals surface area contributed by atoms with E-state index in [2.05, 4.69) is 10.1 Å². The third-order valence-electron chi connectivity index (χ3n) is 3.28. The first-order chi connectivity index (χ1) is 8.98. The van der Waals surface area contributed by atoms with E-state index in [9.17, 15) is 8.42 Å². The number of nitrogens with zero attached hydrogens (tertiary/aromatic N) is 2. The van der Waals surface area contributed by atoms with Crippen LogP contribution in [0.15, 0.2) is 10.6 Å². The largest absolute Gasteiger partial charge is 0.479 e. The van der Waals surface area contributed by atoms with Gasteiger partial charge in [0.15, 0.2) is 5.76 Å². The molecule has 2 N–H and O–H groups in total. The van der Waals surface area contributed by atoms with Gasteiger partial charge in [-0.1, -0.05) is 6.42 Å². The van der Waals surface area contributed by atoms with E-state index in [1.165, 1.54) is 7.11 Å². The van der Waals surface area contributed by atoms with Gasteiger partial charge in [0.2, 0.25) is 10.0 Å². The van der Waals surface area contributed by atoms with Gasteiger partial charge in [-0.15, -0.1) is 0 Å². The van der Waals surface area contributed by atoms with E-state index in [0.29, 0.717) is 18.2 Å². The van der Waals surface area contributed by atoms with E-state index < -0.39 is 10.0 Å². The highest BCUT2D eigenvalue weighted by atomic mass is 32.2. The van der Waals surface area contributed by atoms with Crippen molar-refractivity contribution in [2.45, 2.75) is 31.8 Å². The molecule has 1 saturated heterocycles. The number of rotatable bonds is 5. The standard InChI is InChI=1S/C11H19N3O4S/c1-17-11-6-10(18-13-11)7-14-5-3-2-4-9(14)8-19(12,15)16/h6,9H,2-5,7-8H2,1H3,(H2,12,15,16). The Kier molecular flexibility index (Phi) is 4.43. The zero-order valence-electron chi connectivity index (χ0n) is 10.9. The summed E-state index contributed by atoms with van der Waals surface area (Å²) in [5.74, 6) is 1.08. The van der Waals surface area contributed by atoms with E-state index in [4.69, 9.17) is 14.4 Å². The monoisotopic (exact) mass is 289 g/mol. The smallest absolute Gasteiger partial charge is 0.254 e. The molecular formula is C11H19N3O4S. The van der Waals surface area contributed by atoms with Gasteiger partial charge in [0, 0.05) is 12.1 Å². The molecule has 0 aliphatic carbocycles. The molecule has 1 aliphatic heterocycles. The van der Waals surface area contributed by atoms with Crippen LogP contribution < -0.4 is 9.88 Å². The fraction of sp³-hybridized carbons (Fsp3) is 0.727. The van der Waals surface area contributed by atoms with Gasteiger partial charge in [-0.2, -0.15) is 0 Å². The second kappa shape index (κ2) is 5.89. The van der Waals surface area contributed by atoms with Crippen LogP contribution in [-0.4, -0.2) is 43.9 Å². The van der Waals surface area contributed by atoms with Crippen molar-refractivity contribution < 1.29 is 17.7 Å². The molecule has 1 aliphatic rings. The molecule has 0 radical (unpaired) electrons. The van der Waals surface area contributed by atoms with Crippen molar-refractivity contribution >= 4 is 10.0 Å². The second-order valence-electron chi connectivity index (χ2n) is 4.79. The first kappa shape index (κ1) is 14.3. The van der Waals surface area contributed by atoms with Gasteiger partial charge in [-0.05, 0) is 24.5 Å². The van der Waals surface area contributed by atoms with Crippen molar-refractivity contribution in [1.82, 2.24) is 10.1 Å². The summed E-state index contributed by atoms with van der Waals surface area (Å²) in [6, 6.07) is 1.66. The van der Waals surface area contributed by atoms with Gasteiger partial charge in [0.1, 0.15) is 0 Å². The SMILES string of the molecule is COc1cc(CN2CCCCC2CS(N)(=O)=O)on1. The summed E-state index contributed by atoms with van der Waals surface area (Å²) in [4.78, 5) is 2.08. The Morgan fingerprint density at radius 2 is 2.37 bits per heavy atom. The third kappa shape index (κ3) is 4.19. The highest BCUT2D eigenvalue weighted by Gasteiger charge is 2.27. The van der Waals surface area contributed by atoms with Gasteiger partial charge in [-0.3, -0.25) is 4.90 Å². The minimum absolute atomic E-state index is 0.0156. The molecule has 0 spiro atoms. The molecule has 2 heterocycles. The third-order valence-corrected chi connectivity index (χ3v) is 4.13. The molecule has 1 fully saturated rings. The van der Waals surface area contributed by atoms with Crippen LogP contribution in [0, 0.1) is 0 Å². The van der Waals surface area contributed by atoms with Crippen LogP contribution in [0.5, 0.6) is 5.88 Å². The van der Waals surface area contributed by atoms with E-state index in [0.717, 1.165) is 25.8 Å². The van der Waals surface area contributed by atoms with Gasteiger partial charge >= 0.3 is 0 Å². The number of primary sulfonamides is 1. The topological polar surface area (TPSA) is 98.7 Å². The van der Waals surface area contributed by atoms with Gasteiger partial charge < -0.3 is 9.26 Å². The molecule has 108 valence electrons. The highest BCUT2D eigenvalue weighted by molar-refractivity contribution is 7.89. The number of ether oxygens (including phenoxy) is 1. The molecule has 1 unspecified atom stereocenters. The van der Waals surface area contributed by atoms with Crippen LogP contribution in [0.25, 0.3) is 0 Å². The molecule has 0 saturated carbocycles. The van der Waals surface area contributed by atoms with Crippen LogP contribution in [0.3, 0.4) is 0 Å². The zero-order chi connectivity index (χ0) is 13.9. The number of hydrogen-bond donors (Lipinski definition) is 1. The minimum Gasteiger partial charge on any atom is -0.479 e. The first-order valence-corrected chi connectivity index (χ1v) is 7.93. The lowest BCUT2D eigenvalue weighted by Crippen LogP contribution is -2.44. The quantitative estimate of drug-likeness (QED) is 0.838. The molecule has 1 atom stereocenters. The minimum atomic E-state index is -3.46. The molecule has 2 rings (SSSR count). The average molecular weight is 289 g/mol. The van der Waals surface area contributed by atoms with E-state index >= 15 is 0 Å². The number of sulfonamides is 1. The van der Waals surface area contributed by atoms with Crippen LogP contribution in [0.4, 0.5) is 0 Å². The fourth-order valence-corrected chi connectivity index (χ4v) is 3.30. The van der Waals surface area contributed by atoms with Crippen LogP contribution >= 0.6 is 0 Å². The maximum absolute atomic E-state index is 11.2. The molecule has 19 heavy (non-hydrogen) atoms. The van der Waals surface area contributed by atoms with Crippen molar-refractivity contribution in [3.05, 3.63) is 11.8 Å². The molecule has 0 aromatic carbocycles. The van der Waals surface area contributed by atoms with Crippen molar-refractivity contribution in [2.75, 3.05) is 19.4 Å². The molecule has 7 nitrogen and oxygen atoms in total. The van der Waals surface area contributed by atoms with Gasteiger partial charge in [0.05, 0.1) is 19.4 Å². The Hall–Kier alpha value is -1.12. The Morgan fingerprint density at radius 1 is 1.58 bits per heavy atom. The van der Waals surface area contributed by atoms with Gasteiger partial charge in [-0.25, -0.2) is 13.6 Å². The maximum atomic E-state index is 11.2. The number of nitrogens with two attached hydrogens (primary N) is 1. The van der Waals surface area contributed by atoms with Crippen molar-refractivity contribution in [1.29, 1.82) is 0 Å². The predicted octanol–water partition coefficient (Wildman–Crippen LogP) is 0.326. The molecule has 0 amide bonds. The molecular weight excluding hydrogens is 270 g/mol. The van der Waals surface area contributed by atoms with E-state index in [1.54, 1.807) is 6.07 Å². The number of methoxy groups -OCH3 is 1. The second-order valence-corrected chi connectivity index (χ2v) is 6.44.